The van der Waals surface area contributed by atoms with E-state index in [-0.39, 0.29) is 24.0 Å². The SMILES string of the molecule is O=C1OC[C@]23OC=C[C@H]2N(c2ccc([N+](=O)[O-])cc2)N=C13. The lowest BCUT2D eigenvalue weighted by Gasteiger charge is -2.26. The van der Waals surface area contributed by atoms with Gasteiger partial charge in [0.1, 0.15) is 12.6 Å². The van der Waals surface area contributed by atoms with Gasteiger partial charge in [0.2, 0.25) is 5.60 Å². The number of rotatable bonds is 2. The molecule has 0 saturated carbocycles. The second-order valence-corrected chi connectivity index (χ2v) is 4.92. The molecule has 4 rings (SSSR count). The van der Waals surface area contributed by atoms with Gasteiger partial charge in [-0.1, -0.05) is 0 Å². The van der Waals surface area contributed by atoms with Crippen LogP contribution in [0.4, 0.5) is 11.4 Å². The number of ether oxygens (including phenoxy) is 2. The summed E-state index contributed by atoms with van der Waals surface area (Å²) >= 11 is 0. The third kappa shape index (κ3) is 1.44. The zero-order chi connectivity index (χ0) is 14.6. The first-order valence-corrected chi connectivity index (χ1v) is 6.26. The van der Waals surface area contributed by atoms with Gasteiger partial charge in [0.15, 0.2) is 5.71 Å². The first-order chi connectivity index (χ1) is 10.1. The summed E-state index contributed by atoms with van der Waals surface area (Å²) in [4.78, 5) is 22.0. The Morgan fingerprint density at radius 1 is 1.38 bits per heavy atom. The lowest BCUT2D eigenvalue weighted by molar-refractivity contribution is -0.384. The molecule has 0 bridgehead atoms. The molecule has 8 heteroatoms. The Bertz CT molecular complexity index is 711. The molecule has 1 aromatic rings. The Kier molecular flexibility index (Phi) is 2.16. The van der Waals surface area contributed by atoms with Gasteiger partial charge in [0.25, 0.3) is 5.69 Å². The van der Waals surface area contributed by atoms with E-state index in [4.69, 9.17) is 9.47 Å². The summed E-state index contributed by atoms with van der Waals surface area (Å²) in [5, 5.41) is 16.6. The van der Waals surface area contributed by atoms with Crippen LogP contribution in [0.5, 0.6) is 0 Å². The van der Waals surface area contributed by atoms with Crippen molar-refractivity contribution in [1.29, 1.82) is 0 Å². The monoisotopic (exact) mass is 287 g/mol. The lowest BCUT2D eigenvalue weighted by Crippen LogP contribution is -2.48. The molecule has 0 radical (unpaired) electrons. The predicted molar refractivity (Wildman–Crippen MR) is 70.7 cm³/mol. The van der Waals surface area contributed by atoms with Crippen molar-refractivity contribution >= 4 is 23.1 Å². The zero-order valence-corrected chi connectivity index (χ0v) is 10.6. The first-order valence-electron chi connectivity index (χ1n) is 6.26. The summed E-state index contributed by atoms with van der Waals surface area (Å²) in [5.74, 6) is -0.492. The number of benzene rings is 1. The summed E-state index contributed by atoms with van der Waals surface area (Å²) in [6.45, 7) is 0.117. The van der Waals surface area contributed by atoms with Crippen molar-refractivity contribution in [2.24, 2.45) is 5.10 Å². The van der Waals surface area contributed by atoms with Crippen LogP contribution in [0, 0.1) is 10.1 Å². The number of hydrazone groups is 1. The fourth-order valence-corrected chi connectivity index (χ4v) is 2.78. The molecule has 1 aromatic carbocycles. The zero-order valence-electron chi connectivity index (χ0n) is 10.6. The topological polar surface area (TPSA) is 94.3 Å². The molecular weight excluding hydrogens is 278 g/mol. The Morgan fingerprint density at radius 2 is 2.14 bits per heavy atom. The minimum atomic E-state index is -0.890. The summed E-state index contributed by atoms with van der Waals surface area (Å²) in [6.07, 6.45) is 3.32. The quantitative estimate of drug-likeness (QED) is 0.457. The highest BCUT2D eigenvalue weighted by atomic mass is 16.6. The number of hydrogen-bond acceptors (Lipinski definition) is 7. The first kappa shape index (κ1) is 11.9. The fraction of sp³-hybridized carbons (Fsp3) is 0.231. The number of nitrogens with zero attached hydrogens (tertiary/aromatic N) is 3. The molecule has 21 heavy (non-hydrogen) atoms. The van der Waals surface area contributed by atoms with E-state index in [1.807, 2.05) is 0 Å². The molecular formula is C13H9N3O5. The molecule has 2 atom stereocenters. The van der Waals surface area contributed by atoms with Gasteiger partial charge in [-0.2, -0.15) is 5.10 Å². The molecule has 3 heterocycles. The van der Waals surface area contributed by atoms with E-state index >= 15 is 0 Å². The third-order valence-electron chi connectivity index (χ3n) is 3.83. The van der Waals surface area contributed by atoms with Crippen LogP contribution in [0.3, 0.4) is 0 Å². The summed E-state index contributed by atoms with van der Waals surface area (Å²) in [6, 6.07) is 5.69. The lowest BCUT2D eigenvalue weighted by atomic mass is 9.93. The predicted octanol–water partition coefficient (Wildman–Crippen LogP) is 0.979. The van der Waals surface area contributed by atoms with Crippen LogP contribution in [-0.2, 0) is 14.3 Å². The molecule has 1 spiro atoms. The van der Waals surface area contributed by atoms with Crippen LogP contribution >= 0.6 is 0 Å². The number of carbonyl (C=O) groups is 1. The molecule has 0 aromatic heterocycles. The average Bonchev–Trinajstić information content (AvgIpc) is 3.10. The molecule has 0 amide bonds. The van der Waals surface area contributed by atoms with Gasteiger partial charge in [0, 0.05) is 12.1 Å². The summed E-state index contributed by atoms with van der Waals surface area (Å²) in [7, 11) is 0. The van der Waals surface area contributed by atoms with Crippen LogP contribution < -0.4 is 5.01 Å². The molecule has 106 valence electrons. The molecule has 8 nitrogen and oxygen atoms in total. The molecule has 3 aliphatic heterocycles. The Hall–Kier alpha value is -2.90. The molecule has 1 fully saturated rings. The van der Waals surface area contributed by atoms with E-state index < -0.39 is 16.5 Å². The Morgan fingerprint density at radius 3 is 2.86 bits per heavy atom. The van der Waals surface area contributed by atoms with Gasteiger partial charge in [0.05, 0.1) is 16.9 Å². The van der Waals surface area contributed by atoms with E-state index in [1.165, 1.54) is 18.4 Å². The van der Waals surface area contributed by atoms with Gasteiger partial charge < -0.3 is 9.47 Å². The van der Waals surface area contributed by atoms with E-state index in [9.17, 15) is 14.9 Å². The minimum Gasteiger partial charge on any atom is -0.482 e. The summed E-state index contributed by atoms with van der Waals surface area (Å²) < 4.78 is 10.6. The maximum Gasteiger partial charge on any atom is 0.359 e. The van der Waals surface area contributed by atoms with Crippen molar-refractivity contribution in [2.45, 2.75) is 11.6 Å². The highest BCUT2D eigenvalue weighted by Gasteiger charge is 2.62. The van der Waals surface area contributed by atoms with Crippen molar-refractivity contribution < 1.29 is 19.2 Å². The van der Waals surface area contributed by atoms with Crippen molar-refractivity contribution in [3.63, 3.8) is 0 Å². The number of cyclic esters (lactones) is 1. The van der Waals surface area contributed by atoms with Gasteiger partial charge in [-0.15, -0.1) is 0 Å². The maximum absolute atomic E-state index is 11.7. The Labute approximate surface area is 118 Å². The van der Waals surface area contributed by atoms with Crippen molar-refractivity contribution in [2.75, 3.05) is 11.6 Å². The van der Waals surface area contributed by atoms with Crippen LogP contribution in [-0.4, -0.2) is 34.9 Å². The number of non-ortho nitro benzene ring substituents is 1. The standard InChI is InChI=1S/C13H9N3O5/c17-12-11-13(7-20-12)10(5-6-21-13)15(14-11)8-1-3-9(4-2-8)16(18)19/h1-6,10H,7H2/t10-,13+/m1/s1. The second-order valence-electron chi connectivity index (χ2n) is 4.92. The second kappa shape index (κ2) is 3.81. The van der Waals surface area contributed by atoms with E-state index in [0.717, 1.165) is 0 Å². The van der Waals surface area contributed by atoms with Gasteiger partial charge in [-0.05, 0) is 18.2 Å². The van der Waals surface area contributed by atoms with Gasteiger partial charge in [-0.3, -0.25) is 15.1 Å². The third-order valence-corrected chi connectivity index (χ3v) is 3.83. The van der Waals surface area contributed by atoms with Crippen LogP contribution in [0.15, 0.2) is 41.7 Å². The van der Waals surface area contributed by atoms with Crippen LogP contribution in [0.2, 0.25) is 0 Å². The smallest absolute Gasteiger partial charge is 0.359 e. The normalized spacial score (nSPS) is 28.8. The molecule has 3 aliphatic rings. The molecule has 1 saturated heterocycles. The minimum absolute atomic E-state index is 0.00173. The fourth-order valence-electron chi connectivity index (χ4n) is 2.78. The largest absolute Gasteiger partial charge is 0.482 e. The number of esters is 1. The number of hydrogen-bond donors (Lipinski definition) is 0. The van der Waals surface area contributed by atoms with Gasteiger partial charge >= 0.3 is 5.97 Å². The van der Waals surface area contributed by atoms with Crippen molar-refractivity contribution in [3.8, 4) is 0 Å². The number of nitro groups is 1. The number of anilines is 1. The Balaban J connectivity index is 1.74. The molecule has 0 unspecified atom stereocenters. The molecule has 0 N–H and O–H groups in total. The maximum atomic E-state index is 11.7. The summed E-state index contributed by atoms with van der Waals surface area (Å²) in [5.41, 5.74) is -0.0115. The number of nitro benzene ring substituents is 1. The highest BCUT2D eigenvalue weighted by molar-refractivity contribution is 6.43. The molecule has 0 aliphatic carbocycles. The van der Waals surface area contributed by atoms with Crippen LogP contribution in [0.1, 0.15) is 0 Å². The van der Waals surface area contributed by atoms with Gasteiger partial charge in [-0.25, -0.2) is 4.79 Å². The highest BCUT2D eigenvalue weighted by Crippen LogP contribution is 2.41. The van der Waals surface area contributed by atoms with E-state index in [2.05, 4.69) is 5.10 Å². The average molecular weight is 287 g/mol. The van der Waals surface area contributed by atoms with Crippen LogP contribution in [0.25, 0.3) is 0 Å². The number of carbonyl (C=O) groups excluding carboxylic acids is 1. The van der Waals surface area contributed by atoms with Crippen molar-refractivity contribution in [1.82, 2.24) is 0 Å². The van der Waals surface area contributed by atoms with E-state index in [0.29, 0.717) is 5.69 Å². The van der Waals surface area contributed by atoms with E-state index in [1.54, 1.807) is 23.2 Å². The van der Waals surface area contributed by atoms with Crippen molar-refractivity contribution in [3.05, 3.63) is 46.7 Å².